The van der Waals surface area contributed by atoms with Crippen LogP contribution in [0.5, 0.6) is 11.5 Å². The summed E-state index contributed by atoms with van der Waals surface area (Å²) in [5.74, 6) is 0.860. The van der Waals surface area contributed by atoms with Crippen LogP contribution in [-0.2, 0) is 9.53 Å². The van der Waals surface area contributed by atoms with Crippen LogP contribution < -0.4 is 9.47 Å². The van der Waals surface area contributed by atoms with Crippen molar-refractivity contribution >= 4 is 22.8 Å². The number of esters is 1. The number of hydrogen-bond donors (Lipinski definition) is 0. The van der Waals surface area contributed by atoms with Gasteiger partial charge in [0.25, 0.3) is 5.91 Å². The number of nitrogens with zero attached hydrogens (tertiary/aromatic N) is 2. The molecule has 182 valence electrons. The quantitative estimate of drug-likeness (QED) is 0.366. The maximum atomic E-state index is 12.9. The molecule has 1 heterocycles. The summed E-state index contributed by atoms with van der Waals surface area (Å²) in [7, 11) is 1.63. The van der Waals surface area contributed by atoms with Crippen molar-refractivity contribution < 1.29 is 23.8 Å². The molecule has 7 heteroatoms. The van der Waals surface area contributed by atoms with Gasteiger partial charge in [0.1, 0.15) is 11.5 Å². The van der Waals surface area contributed by atoms with Crippen LogP contribution >= 0.6 is 0 Å². The summed E-state index contributed by atoms with van der Waals surface area (Å²) in [6.45, 7) is 9.45. The third-order valence-electron chi connectivity index (χ3n) is 5.69. The number of amides is 1. The second kappa shape index (κ2) is 11.6. The molecule has 3 rings (SSSR count). The van der Waals surface area contributed by atoms with E-state index in [4.69, 9.17) is 14.2 Å². The summed E-state index contributed by atoms with van der Waals surface area (Å²) in [6, 6.07) is 13.2. The molecule has 0 saturated carbocycles. The number of rotatable bonds is 11. The van der Waals surface area contributed by atoms with Crippen molar-refractivity contribution in [2.45, 2.75) is 40.5 Å². The summed E-state index contributed by atoms with van der Waals surface area (Å²) in [4.78, 5) is 27.3. The van der Waals surface area contributed by atoms with Crippen molar-refractivity contribution in [1.82, 2.24) is 9.47 Å². The zero-order valence-electron chi connectivity index (χ0n) is 20.7. The number of aromatic nitrogens is 1. The summed E-state index contributed by atoms with van der Waals surface area (Å²) >= 11 is 0. The first kappa shape index (κ1) is 25.1. The lowest BCUT2D eigenvalue weighted by molar-refractivity contribution is -0.133. The topological polar surface area (TPSA) is 70.0 Å². The Bertz CT molecular complexity index is 1130. The van der Waals surface area contributed by atoms with E-state index in [2.05, 4.69) is 13.8 Å². The van der Waals surface area contributed by atoms with Gasteiger partial charge in [-0.15, -0.1) is 0 Å². The van der Waals surface area contributed by atoms with E-state index >= 15 is 0 Å². The summed E-state index contributed by atoms with van der Waals surface area (Å²) in [6.07, 6.45) is 1.80. The van der Waals surface area contributed by atoms with Gasteiger partial charge in [-0.05, 0) is 69.2 Å². The first-order chi connectivity index (χ1) is 16.4. The number of fused-ring (bicyclic) bond motifs is 1. The molecule has 0 unspecified atom stereocenters. The Morgan fingerprint density at radius 2 is 1.59 bits per heavy atom. The smallest absolute Gasteiger partial charge is 0.340 e. The fourth-order valence-corrected chi connectivity index (χ4v) is 4.15. The van der Waals surface area contributed by atoms with E-state index in [1.165, 1.54) is 0 Å². The van der Waals surface area contributed by atoms with Crippen molar-refractivity contribution in [2.75, 3.05) is 33.4 Å². The normalized spacial score (nSPS) is 10.9. The average molecular weight is 467 g/mol. The Balaban J connectivity index is 1.99. The van der Waals surface area contributed by atoms with Crippen LogP contribution in [-0.4, -0.2) is 54.8 Å². The highest BCUT2D eigenvalue weighted by Gasteiger charge is 2.23. The number of methoxy groups -OCH3 is 1. The highest BCUT2D eigenvalue weighted by molar-refractivity contribution is 6.07. The molecular weight excluding hydrogens is 432 g/mol. The highest BCUT2D eigenvalue weighted by Crippen LogP contribution is 2.33. The molecule has 0 N–H and O–H groups in total. The van der Waals surface area contributed by atoms with Crippen molar-refractivity contribution in [2.24, 2.45) is 0 Å². The molecule has 0 atom stereocenters. The number of benzene rings is 2. The predicted octanol–water partition coefficient (Wildman–Crippen LogP) is 5.15. The third kappa shape index (κ3) is 5.35. The Morgan fingerprint density at radius 3 is 2.18 bits per heavy atom. The molecule has 0 radical (unpaired) electrons. The van der Waals surface area contributed by atoms with Gasteiger partial charge >= 0.3 is 5.97 Å². The largest absolute Gasteiger partial charge is 0.497 e. The molecule has 1 amide bonds. The number of carbonyl (C=O) groups excluding carboxylic acids is 2. The lowest BCUT2D eigenvalue weighted by Gasteiger charge is -2.21. The minimum Gasteiger partial charge on any atom is -0.497 e. The maximum Gasteiger partial charge on any atom is 0.340 e. The molecule has 7 nitrogen and oxygen atoms in total. The predicted molar refractivity (Wildman–Crippen MR) is 133 cm³/mol. The summed E-state index contributed by atoms with van der Waals surface area (Å²) < 4.78 is 18.5. The van der Waals surface area contributed by atoms with Gasteiger partial charge in [-0.25, -0.2) is 4.79 Å². The van der Waals surface area contributed by atoms with Gasteiger partial charge in [0, 0.05) is 29.9 Å². The van der Waals surface area contributed by atoms with Gasteiger partial charge in [0.2, 0.25) is 0 Å². The highest BCUT2D eigenvalue weighted by atomic mass is 16.5. The van der Waals surface area contributed by atoms with Crippen molar-refractivity contribution in [3.8, 4) is 17.2 Å². The fourth-order valence-electron chi connectivity index (χ4n) is 4.15. The van der Waals surface area contributed by atoms with Gasteiger partial charge in [-0.1, -0.05) is 13.8 Å². The third-order valence-corrected chi connectivity index (χ3v) is 5.69. The molecule has 0 spiro atoms. The minimum absolute atomic E-state index is 0.0404. The molecule has 0 aliphatic heterocycles. The van der Waals surface area contributed by atoms with Gasteiger partial charge in [-0.3, -0.25) is 4.79 Å². The van der Waals surface area contributed by atoms with E-state index < -0.39 is 0 Å². The molecule has 2 aromatic carbocycles. The Hall–Kier alpha value is -3.48. The molecule has 1 aromatic heterocycles. The molecular formula is C27H34N2O5. The van der Waals surface area contributed by atoms with E-state index in [0.29, 0.717) is 24.4 Å². The van der Waals surface area contributed by atoms with Crippen LogP contribution in [0.25, 0.3) is 16.6 Å². The molecule has 0 fully saturated rings. The second-order valence-corrected chi connectivity index (χ2v) is 8.06. The van der Waals surface area contributed by atoms with Gasteiger partial charge in [-0.2, -0.15) is 0 Å². The van der Waals surface area contributed by atoms with E-state index in [9.17, 15) is 9.59 Å². The zero-order valence-corrected chi connectivity index (χ0v) is 20.7. The van der Waals surface area contributed by atoms with Crippen molar-refractivity contribution in [1.29, 1.82) is 0 Å². The number of carbonyl (C=O) groups is 2. The maximum absolute atomic E-state index is 12.9. The molecule has 0 bridgehead atoms. The Labute approximate surface area is 201 Å². The van der Waals surface area contributed by atoms with Crippen LogP contribution in [0.15, 0.2) is 42.5 Å². The van der Waals surface area contributed by atoms with Crippen molar-refractivity contribution in [3.05, 3.63) is 53.7 Å². The van der Waals surface area contributed by atoms with Gasteiger partial charge < -0.3 is 23.7 Å². The molecule has 34 heavy (non-hydrogen) atoms. The first-order valence-corrected chi connectivity index (χ1v) is 11.8. The monoisotopic (exact) mass is 466 g/mol. The lowest BCUT2D eigenvalue weighted by Crippen LogP contribution is -2.36. The lowest BCUT2D eigenvalue weighted by atomic mass is 10.1. The second-order valence-electron chi connectivity index (χ2n) is 8.06. The van der Waals surface area contributed by atoms with E-state index in [-0.39, 0.29) is 25.1 Å². The molecule has 0 aliphatic rings. The zero-order chi connectivity index (χ0) is 24.7. The SMILES string of the molecule is CCCN(CCC)C(=O)COc1ccc2c(c1)c(C(=O)OCC)c(C)n2-c1ccc(OC)cc1. The van der Waals surface area contributed by atoms with E-state index in [1.54, 1.807) is 14.0 Å². The number of hydrogen-bond acceptors (Lipinski definition) is 5. The Morgan fingerprint density at radius 1 is 0.941 bits per heavy atom. The van der Waals surface area contributed by atoms with Crippen LogP contribution in [0.3, 0.4) is 0 Å². The van der Waals surface area contributed by atoms with Gasteiger partial charge in [0.15, 0.2) is 6.61 Å². The molecule has 3 aromatic rings. The van der Waals surface area contributed by atoms with Gasteiger partial charge in [0.05, 0.1) is 24.8 Å². The van der Waals surface area contributed by atoms with E-state index in [1.807, 2.05) is 58.9 Å². The Kier molecular flexibility index (Phi) is 8.57. The molecule has 0 saturated heterocycles. The average Bonchev–Trinajstić information content (AvgIpc) is 3.13. The van der Waals surface area contributed by atoms with Crippen LogP contribution in [0, 0.1) is 6.92 Å². The fraction of sp³-hybridized carbons (Fsp3) is 0.407. The van der Waals surface area contributed by atoms with Crippen LogP contribution in [0.2, 0.25) is 0 Å². The summed E-state index contributed by atoms with van der Waals surface area (Å²) in [5.41, 5.74) is 3.01. The molecule has 0 aliphatic carbocycles. The van der Waals surface area contributed by atoms with E-state index in [0.717, 1.165) is 40.9 Å². The van der Waals surface area contributed by atoms with Crippen LogP contribution in [0.4, 0.5) is 0 Å². The number of ether oxygens (including phenoxy) is 3. The minimum atomic E-state index is -0.387. The van der Waals surface area contributed by atoms with Crippen molar-refractivity contribution in [3.63, 3.8) is 0 Å². The summed E-state index contributed by atoms with van der Waals surface area (Å²) in [5, 5.41) is 0.718. The first-order valence-electron chi connectivity index (χ1n) is 11.8. The van der Waals surface area contributed by atoms with Crippen LogP contribution in [0.1, 0.15) is 49.7 Å². The standard InChI is InChI=1S/C27H34N2O5/c1-6-15-28(16-7-2)25(30)18-34-22-13-14-24-23(17-22)26(27(31)33-8-3)19(4)29(24)20-9-11-21(32-5)12-10-20/h9-14,17H,6-8,15-16,18H2,1-5H3.